The van der Waals surface area contributed by atoms with Crippen molar-refractivity contribution in [3.8, 4) is 45.0 Å². The number of anilines is 3. The molecule has 0 fully saturated rings. The minimum atomic E-state index is 0.684. The molecule has 10 rings (SSSR count). The van der Waals surface area contributed by atoms with E-state index in [0.29, 0.717) is 5.82 Å². The first-order valence-electron chi connectivity index (χ1n) is 18.2. The Morgan fingerprint density at radius 1 is 0.352 bits per heavy atom. The highest BCUT2D eigenvalue weighted by Gasteiger charge is 2.18. The Morgan fingerprint density at radius 3 is 1.69 bits per heavy atom. The molecule has 2 aromatic heterocycles. The number of hydrogen-bond donors (Lipinski definition) is 0. The van der Waals surface area contributed by atoms with Crippen molar-refractivity contribution in [1.29, 1.82) is 0 Å². The van der Waals surface area contributed by atoms with E-state index in [2.05, 4.69) is 175 Å². The second-order valence-electron chi connectivity index (χ2n) is 13.4. The van der Waals surface area contributed by atoms with Gasteiger partial charge in [-0.05, 0) is 76.5 Å². The van der Waals surface area contributed by atoms with Crippen LogP contribution in [0.25, 0.3) is 77.7 Å². The lowest BCUT2D eigenvalue weighted by atomic mass is 10.00. The summed E-state index contributed by atoms with van der Waals surface area (Å²) in [7, 11) is 0. The summed E-state index contributed by atoms with van der Waals surface area (Å²) >= 11 is 0. The van der Waals surface area contributed by atoms with Gasteiger partial charge in [0.25, 0.3) is 0 Å². The number of rotatable bonds is 7. The van der Waals surface area contributed by atoms with Crippen LogP contribution in [0.2, 0.25) is 0 Å². The van der Waals surface area contributed by atoms with E-state index >= 15 is 0 Å². The second-order valence-corrected chi connectivity index (χ2v) is 13.4. The summed E-state index contributed by atoms with van der Waals surface area (Å²) < 4.78 is 6.67. The minimum absolute atomic E-state index is 0.684. The summed E-state index contributed by atoms with van der Waals surface area (Å²) in [5.41, 5.74) is 11.9. The summed E-state index contributed by atoms with van der Waals surface area (Å²) in [6.45, 7) is 0. The molecule has 0 radical (unpaired) electrons. The molecule has 0 aliphatic rings. The smallest absolute Gasteiger partial charge is 0.160 e. The zero-order chi connectivity index (χ0) is 35.8. The molecule has 0 atom stereocenters. The van der Waals surface area contributed by atoms with Gasteiger partial charge in [0.15, 0.2) is 5.82 Å². The minimum Gasteiger partial charge on any atom is -0.456 e. The van der Waals surface area contributed by atoms with E-state index in [9.17, 15) is 0 Å². The molecule has 0 unspecified atom stereocenters. The molecule has 0 saturated heterocycles. The van der Waals surface area contributed by atoms with Crippen molar-refractivity contribution >= 4 is 49.8 Å². The predicted molar refractivity (Wildman–Crippen MR) is 223 cm³/mol. The SMILES string of the molecule is c1ccc(-c2ccc(N(c3ccccc3)c3ccc4c(c3)oc3cc(-c5cc(-c6cccc7ccccc67)nc(-c6ccccc6)n5)ccc34)cc2)cc1. The second kappa shape index (κ2) is 13.4. The van der Waals surface area contributed by atoms with E-state index in [1.165, 1.54) is 16.5 Å². The summed E-state index contributed by atoms with van der Waals surface area (Å²) in [4.78, 5) is 12.5. The van der Waals surface area contributed by atoms with Gasteiger partial charge in [0.2, 0.25) is 0 Å². The fourth-order valence-electron chi connectivity index (χ4n) is 7.42. The van der Waals surface area contributed by atoms with E-state index in [0.717, 1.165) is 72.5 Å². The Labute approximate surface area is 313 Å². The van der Waals surface area contributed by atoms with Gasteiger partial charge >= 0.3 is 0 Å². The van der Waals surface area contributed by atoms with Crippen molar-refractivity contribution in [2.45, 2.75) is 0 Å². The third kappa shape index (κ3) is 5.76. The Kier molecular flexibility index (Phi) is 7.77. The monoisotopic (exact) mass is 691 g/mol. The Morgan fingerprint density at radius 2 is 0.907 bits per heavy atom. The van der Waals surface area contributed by atoms with Gasteiger partial charge in [0.1, 0.15) is 11.2 Å². The number of aromatic nitrogens is 2. The molecule has 0 bridgehead atoms. The lowest BCUT2D eigenvalue weighted by Crippen LogP contribution is -2.09. The normalized spacial score (nSPS) is 11.3. The summed E-state index contributed by atoms with van der Waals surface area (Å²) in [5, 5.41) is 4.46. The van der Waals surface area contributed by atoms with Crippen molar-refractivity contribution in [3.63, 3.8) is 0 Å². The first kappa shape index (κ1) is 31.4. The Hall–Kier alpha value is -7.30. The molecule has 8 aromatic carbocycles. The van der Waals surface area contributed by atoms with Gasteiger partial charge in [-0.15, -0.1) is 0 Å². The maximum atomic E-state index is 6.67. The summed E-state index contributed by atoms with van der Waals surface area (Å²) in [6, 6.07) is 69.6. The molecular weight excluding hydrogens is 659 g/mol. The first-order valence-corrected chi connectivity index (χ1v) is 18.2. The molecule has 4 nitrogen and oxygen atoms in total. The number of hydrogen-bond acceptors (Lipinski definition) is 4. The van der Waals surface area contributed by atoms with Crippen LogP contribution in [0.15, 0.2) is 205 Å². The van der Waals surface area contributed by atoms with E-state index in [-0.39, 0.29) is 0 Å². The maximum absolute atomic E-state index is 6.67. The van der Waals surface area contributed by atoms with Crippen LogP contribution in [0.1, 0.15) is 0 Å². The van der Waals surface area contributed by atoms with Crippen molar-refractivity contribution in [2.24, 2.45) is 0 Å². The van der Waals surface area contributed by atoms with Gasteiger partial charge in [-0.2, -0.15) is 0 Å². The van der Waals surface area contributed by atoms with Crippen LogP contribution in [0, 0.1) is 0 Å². The van der Waals surface area contributed by atoms with Crippen LogP contribution in [-0.4, -0.2) is 9.97 Å². The maximum Gasteiger partial charge on any atom is 0.160 e. The fraction of sp³-hybridized carbons (Fsp3) is 0. The van der Waals surface area contributed by atoms with E-state index < -0.39 is 0 Å². The van der Waals surface area contributed by atoms with Crippen LogP contribution >= 0.6 is 0 Å². The largest absolute Gasteiger partial charge is 0.456 e. The van der Waals surface area contributed by atoms with Crippen molar-refractivity contribution in [2.75, 3.05) is 4.90 Å². The van der Waals surface area contributed by atoms with Gasteiger partial charge in [-0.25, -0.2) is 9.97 Å². The average molecular weight is 692 g/mol. The van der Waals surface area contributed by atoms with Crippen molar-refractivity contribution < 1.29 is 4.42 Å². The van der Waals surface area contributed by atoms with E-state index in [4.69, 9.17) is 14.4 Å². The molecule has 0 saturated carbocycles. The molecule has 0 spiro atoms. The Bertz CT molecular complexity index is 2910. The number of nitrogens with zero attached hydrogens (tertiary/aromatic N) is 3. The average Bonchev–Trinajstić information content (AvgIpc) is 3.62. The zero-order valence-corrected chi connectivity index (χ0v) is 29.3. The van der Waals surface area contributed by atoms with Crippen LogP contribution in [0.3, 0.4) is 0 Å². The van der Waals surface area contributed by atoms with Gasteiger partial charge in [-0.3, -0.25) is 0 Å². The van der Waals surface area contributed by atoms with Crippen molar-refractivity contribution in [1.82, 2.24) is 9.97 Å². The molecule has 0 aliphatic heterocycles. The van der Waals surface area contributed by atoms with E-state index in [1.54, 1.807) is 0 Å². The Balaban J connectivity index is 1.07. The molecule has 2 heterocycles. The van der Waals surface area contributed by atoms with Gasteiger partial charge in [0, 0.05) is 50.6 Å². The molecule has 4 heteroatoms. The van der Waals surface area contributed by atoms with Crippen LogP contribution in [0.5, 0.6) is 0 Å². The van der Waals surface area contributed by atoms with Gasteiger partial charge < -0.3 is 9.32 Å². The topological polar surface area (TPSA) is 42.2 Å². The number of para-hydroxylation sites is 1. The lowest BCUT2D eigenvalue weighted by molar-refractivity contribution is 0.669. The fourth-order valence-corrected chi connectivity index (χ4v) is 7.42. The van der Waals surface area contributed by atoms with Crippen molar-refractivity contribution in [3.05, 3.63) is 200 Å². The number of benzene rings is 8. The predicted octanol–water partition coefficient (Wildman–Crippen LogP) is 13.7. The third-order valence-electron chi connectivity index (χ3n) is 10.1. The summed E-state index contributed by atoms with van der Waals surface area (Å²) in [5.74, 6) is 0.684. The van der Waals surface area contributed by atoms with E-state index in [1.807, 2.05) is 30.3 Å². The van der Waals surface area contributed by atoms with Crippen LogP contribution in [0.4, 0.5) is 17.1 Å². The highest BCUT2D eigenvalue weighted by atomic mass is 16.3. The molecule has 254 valence electrons. The quantitative estimate of drug-likeness (QED) is 0.167. The number of fused-ring (bicyclic) bond motifs is 4. The zero-order valence-electron chi connectivity index (χ0n) is 29.3. The highest BCUT2D eigenvalue weighted by molar-refractivity contribution is 6.07. The molecular formula is C50H33N3O. The van der Waals surface area contributed by atoms with Crippen LogP contribution in [-0.2, 0) is 0 Å². The molecule has 54 heavy (non-hydrogen) atoms. The van der Waals surface area contributed by atoms with Crippen LogP contribution < -0.4 is 4.90 Å². The third-order valence-corrected chi connectivity index (χ3v) is 10.1. The highest BCUT2D eigenvalue weighted by Crippen LogP contribution is 2.40. The first-order chi connectivity index (χ1) is 26.7. The summed E-state index contributed by atoms with van der Waals surface area (Å²) in [6.07, 6.45) is 0. The lowest BCUT2D eigenvalue weighted by Gasteiger charge is -2.25. The van der Waals surface area contributed by atoms with Gasteiger partial charge in [-0.1, -0.05) is 140 Å². The molecule has 0 aliphatic carbocycles. The van der Waals surface area contributed by atoms with Gasteiger partial charge in [0.05, 0.1) is 11.4 Å². The molecule has 0 amide bonds. The molecule has 10 aromatic rings. The standard InChI is InChI=1S/C50H33N3O/c1-4-13-34(14-5-1)35-23-26-40(27-24-35)53(39-19-8-3-9-20-39)41-28-30-45-44-29-25-38(31-48(44)54-49(45)32-41)46-33-47(52-50(51-46)37-16-6-2-7-17-37)43-22-12-18-36-15-10-11-21-42(36)43/h1-33H. The molecule has 0 N–H and O–H groups in total. The number of furan rings is 1.